The molecule has 13 heavy (non-hydrogen) atoms. The van der Waals surface area contributed by atoms with Gasteiger partial charge in [0, 0.05) is 18.6 Å². The van der Waals surface area contributed by atoms with E-state index in [1.54, 1.807) is 0 Å². The molecule has 0 saturated carbocycles. The summed E-state index contributed by atoms with van der Waals surface area (Å²) in [6, 6.07) is 0. The Morgan fingerprint density at radius 1 is 1.23 bits per heavy atom. The van der Waals surface area contributed by atoms with Gasteiger partial charge in [0.05, 0.1) is 0 Å². The largest absolute Gasteiger partial charge is 1.00 e. The van der Waals surface area contributed by atoms with Gasteiger partial charge in [0.2, 0.25) is 0 Å². The van der Waals surface area contributed by atoms with Gasteiger partial charge in [-0.2, -0.15) is 0 Å². The molecule has 0 bridgehead atoms. The molecule has 2 nitrogen and oxygen atoms in total. The number of hydrogen-bond acceptors (Lipinski definition) is 2. The molecule has 2 heterocycles. The van der Waals surface area contributed by atoms with Crippen LogP contribution in [0.25, 0.3) is 0 Å². The van der Waals surface area contributed by atoms with Crippen LogP contribution < -0.4 is 56.5 Å². The predicted molar refractivity (Wildman–Crippen MR) is 46.7 cm³/mol. The Labute approximate surface area is 122 Å². The summed E-state index contributed by atoms with van der Waals surface area (Å²) in [5.74, 6) is 0. The van der Waals surface area contributed by atoms with Crippen LogP contribution in [0, 0.1) is 0 Å². The molecule has 66 valence electrons. The fourth-order valence-electron chi connectivity index (χ4n) is 2.45. The van der Waals surface area contributed by atoms with Gasteiger partial charge in [-0.25, -0.2) is 0 Å². The van der Waals surface area contributed by atoms with Crippen molar-refractivity contribution in [1.82, 2.24) is 4.90 Å². The van der Waals surface area contributed by atoms with Crippen LogP contribution in [-0.4, -0.2) is 30.1 Å². The van der Waals surface area contributed by atoms with Gasteiger partial charge in [-0.05, 0) is 12.8 Å². The van der Waals surface area contributed by atoms with E-state index in [-0.39, 0.29) is 63.5 Å². The Morgan fingerprint density at radius 3 is 2.00 bits per heavy atom. The number of rotatable bonds is 1. The zero-order chi connectivity index (χ0) is 8.77. The first-order chi connectivity index (χ1) is 5.66. The fourth-order valence-corrected chi connectivity index (χ4v) is 2.45. The maximum Gasteiger partial charge on any atom is 1.00 e. The zero-order valence-electron chi connectivity index (χ0n) is 8.31. The summed E-state index contributed by atoms with van der Waals surface area (Å²) in [7, 11) is 0. The Kier molecular flexibility index (Phi) is 3.97. The second-order valence-electron chi connectivity index (χ2n) is 4.08. The molecule has 2 aliphatic rings. The topological polar surface area (TPSA) is 26.3 Å². The summed E-state index contributed by atoms with van der Waals surface area (Å²) in [6.07, 6.45) is 1.77. The van der Waals surface area contributed by atoms with Crippen molar-refractivity contribution < 1.29 is 56.5 Å². The van der Waals surface area contributed by atoms with Gasteiger partial charge < -0.3 is 5.11 Å². The van der Waals surface area contributed by atoms with E-state index in [1.165, 1.54) is 11.1 Å². The molecule has 0 aromatic rings. The van der Waals surface area contributed by atoms with E-state index >= 15 is 0 Å². The van der Waals surface area contributed by atoms with Crippen LogP contribution in [0.5, 0.6) is 0 Å². The molecule has 0 unspecified atom stereocenters. The molecule has 0 atom stereocenters. The zero-order valence-corrected chi connectivity index (χ0v) is 11.4. The van der Waals surface area contributed by atoms with Gasteiger partial charge in [-0.1, -0.05) is 24.3 Å². The van der Waals surface area contributed by atoms with Crippen molar-refractivity contribution in [2.75, 3.05) is 19.7 Å². The minimum absolute atomic E-state index is 0. The van der Waals surface area contributed by atoms with E-state index in [9.17, 15) is 5.11 Å². The van der Waals surface area contributed by atoms with Crippen LogP contribution in [0.4, 0.5) is 0 Å². The minimum atomic E-state index is -0.131. The summed E-state index contributed by atoms with van der Waals surface area (Å²) >= 11 is 0. The smallest absolute Gasteiger partial charge is 0.853 e. The molecule has 0 N–H and O–H groups in total. The van der Waals surface area contributed by atoms with Crippen LogP contribution >= 0.6 is 0 Å². The molecule has 2 aliphatic heterocycles. The molecule has 2 saturated heterocycles. The summed E-state index contributed by atoms with van der Waals surface area (Å²) in [4.78, 5) is 2.24. The van der Waals surface area contributed by atoms with E-state index in [1.807, 2.05) is 0 Å². The van der Waals surface area contributed by atoms with Crippen molar-refractivity contribution in [1.29, 1.82) is 0 Å². The first kappa shape index (κ1) is 12.1. The molecule has 3 heteroatoms. The van der Waals surface area contributed by atoms with Crippen molar-refractivity contribution in [2.24, 2.45) is 0 Å². The standard InChI is InChI=1S/C10H14NO.K/c1-8-3-10(7-12)4-9(2)6-11(10)5-8;/h1-7H2;/q-1;+1. The van der Waals surface area contributed by atoms with Gasteiger partial charge in [0.25, 0.3) is 0 Å². The average molecular weight is 203 g/mol. The van der Waals surface area contributed by atoms with E-state index in [0.717, 1.165) is 25.9 Å². The SMILES string of the molecule is C=C1CN2CC(=C)CC2(C[O-])C1.[K+]. The third kappa shape index (κ3) is 2.02. The molecular formula is C10H14KNO. The van der Waals surface area contributed by atoms with Gasteiger partial charge >= 0.3 is 51.4 Å². The first-order valence-corrected chi connectivity index (χ1v) is 4.33. The van der Waals surface area contributed by atoms with Crippen molar-refractivity contribution in [3.63, 3.8) is 0 Å². The van der Waals surface area contributed by atoms with Crippen LogP contribution in [0.3, 0.4) is 0 Å². The molecule has 0 spiro atoms. The summed E-state index contributed by atoms with van der Waals surface area (Å²) < 4.78 is 0. The molecule has 0 amide bonds. The Balaban J connectivity index is 0.000000845. The number of fused-ring (bicyclic) bond motifs is 1. The van der Waals surface area contributed by atoms with Gasteiger partial charge in [0.15, 0.2) is 0 Å². The molecule has 0 aromatic heterocycles. The molecule has 2 rings (SSSR count). The van der Waals surface area contributed by atoms with Crippen LogP contribution in [0.2, 0.25) is 0 Å². The van der Waals surface area contributed by atoms with Crippen LogP contribution in [0.15, 0.2) is 24.3 Å². The maximum atomic E-state index is 11.1. The third-order valence-electron chi connectivity index (χ3n) is 2.93. The number of nitrogens with zero attached hydrogens (tertiary/aromatic N) is 1. The molecule has 2 fully saturated rings. The summed E-state index contributed by atoms with van der Waals surface area (Å²) in [5, 5.41) is 11.1. The molecule has 0 aliphatic carbocycles. The molecule has 0 aromatic carbocycles. The Bertz CT molecular complexity index is 229. The van der Waals surface area contributed by atoms with E-state index in [4.69, 9.17) is 0 Å². The van der Waals surface area contributed by atoms with E-state index < -0.39 is 0 Å². The number of hydrogen-bond donors (Lipinski definition) is 0. The quantitative estimate of drug-likeness (QED) is 0.343. The van der Waals surface area contributed by atoms with Crippen molar-refractivity contribution in [2.45, 2.75) is 18.4 Å². The molecular weight excluding hydrogens is 189 g/mol. The predicted octanol–water partition coefficient (Wildman–Crippen LogP) is -2.69. The van der Waals surface area contributed by atoms with Gasteiger partial charge in [0.1, 0.15) is 0 Å². The first-order valence-electron chi connectivity index (χ1n) is 4.33. The Hall–Kier alpha value is 1.04. The monoisotopic (exact) mass is 203 g/mol. The van der Waals surface area contributed by atoms with Crippen molar-refractivity contribution in [3.05, 3.63) is 24.3 Å². The van der Waals surface area contributed by atoms with Gasteiger partial charge in [-0.15, -0.1) is 6.61 Å². The van der Waals surface area contributed by atoms with Crippen LogP contribution in [-0.2, 0) is 0 Å². The third-order valence-corrected chi connectivity index (χ3v) is 2.93. The van der Waals surface area contributed by atoms with E-state index in [2.05, 4.69) is 18.1 Å². The Morgan fingerprint density at radius 2 is 1.69 bits per heavy atom. The minimum Gasteiger partial charge on any atom is -0.853 e. The van der Waals surface area contributed by atoms with Crippen molar-refractivity contribution in [3.8, 4) is 0 Å². The summed E-state index contributed by atoms with van der Waals surface area (Å²) in [6.45, 7) is 9.69. The van der Waals surface area contributed by atoms with Crippen LogP contribution in [0.1, 0.15) is 12.8 Å². The molecule has 0 radical (unpaired) electrons. The second kappa shape index (κ2) is 4.27. The average Bonchev–Trinajstić information content (AvgIpc) is 2.40. The van der Waals surface area contributed by atoms with Gasteiger partial charge in [-0.3, -0.25) is 4.90 Å². The second-order valence-corrected chi connectivity index (χ2v) is 4.08. The fraction of sp³-hybridized carbons (Fsp3) is 0.600. The van der Waals surface area contributed by atoms with Crippen molar-refractivity contribution >= 4 is 0 Å². The maximum absolute atomic E-state index is 11.1. The normalized spacial score (nSPS) is 25.9. The van der Waals surface area contributed by atoms with E-state index in [0.29, 0.717) is 0 Å². The summed E-state index contributed by atoms with van der Waals surface area (Å²) in [5.41, 5.74) is 2.28.